The van der Waals surface area contributed by atoms with E-state index in [0.29, 0.717) is 5.41 Å². The van der Waals surface area contributed by atoms with Gasteiger partial charge in [-0.15, -0.1) is 0 Å². The Morgan fingerprint density at radius 1 is 1.44 bits per heavy atom. The molecular weight excluding hydrogens is 229 g/mol. The van der Waals surface area contributed by atoms with Crippen molar-refractivity contribution in [2.75, 3.05) is 26.3 Å². The highest BCUT2D eigenvalue weighted by atomic mass is 127. The Bertz CT molecular complexity index is 114. The van der Waals surface area contributed by atoms with E-state index in [0.717, 1.165) is 13.2 Å². The summed E-state index contributed by atoms with van der Waals surface area (Å²) < 4.78 is 7.65. The first-order valence-electron chi connectivity index (χ1n) is 3.29. The first-order valence-corrected chi connectivity index (χ1v) is 4.26. The topological polar surface area (TPSA) is 12.5 Å². The van der Waals surface area contributed by atoms with Crippen molar-refractivity contribution in [3.8, 4) is 0 Å². The molecule has 2 nitrogen and oxygen atoms in total. The molecule has 0 aliphatic carbocycles. The minimum absolute atomic E-state index is 0.585. The van der Waals surface area contributed by atoms with Crippen molar-refractivity contribution in [2.45, 2.75) is 6.42 Å². The van der Waals surface area contributed by atoms with Crippen LogP contribution in [0.4, 0.5) is 0 Å². The third kappa shape index (κ3) is 0.991. The van der Waals surface area contributed by atoms with Gasteiger partial charge in [-0.25, -0.2) is 3.11 Å². The van der Waals surface area contributed by atoms with Crippen LogP contribution in [0.1, 0.15) is 6.42 Å². The van der Waals surface area contributed by atoms with Gasteiger partial charge in [-0.1, -0.05) is 0 Å². The van der Waals surface area contributed by atoms with Gasteiger partial charge in [-0.2, -0.15) is 0 Å². The van der Waals surface area contributed by atoms with Gasteiger partial charge >= 0.3 is 0 Å². The highest BCUT2D eigenvalue weighted by molar-refractivity contribution is 14.1. The molecule has 0 atom stereocenters. The van der Waals surface area contributed by atoms with Gasteiger partial charge in [0.2, 0.25) is 0 Å². The largest absolute Gasteiger partial charge is 0.381 e. The number of ether oxygens (including phenoxy) is 1. The Kier molecular flexibility index (Phi) is 1.46. The molecule has 0 unspecified atom stereocenters. The van der Waals surface area contributed by atoms with Crippen LogP contribution < -0.4 is 0 Å². The molecule has 3 heteroatoms. The predicted octanol–water partition coefficient (Wildman–Crippen LogP) is 1.06. The summed E-state index contributed by atoms with van der Waals surface area (Å²) >= 11 is 2.37. The zero-order chi connectivity index (χ0) is 6.32. The highest BCUT2D eigenvalue weighted by Gasteiger charge is 2.44. The van der Waals surface area contributed by atoms with Gasteiger partial charge in [0.15, 0.2) is 0 Å². The number of nitrogens with zero attached hydrogens (tertiary/aromatic N) is 1. The van der Waals surface area contributed by atoms with Crippen molar-refractivity contribution in [3.63, 3.8) is 0 Å². The van der Waals surface area contributed by atoms with E-state index in [1.54, 1.807) is 0 Å². The fraction of sp³-hybridized carbons (Fsp3) is 1.00. The van der Waals surface area contributed by atoms with Crippen molar-refractivity contribution in [2.24, 2.45) is 5.41 Å². The van der Waals surface area contributed by atoms with E-state index < -0.39 is 0 Å². The molecular formula is C6H10INO. The van der Waals surface area contributed by atoms with Gasteiger partial charge < -0.3 is 4.74 Å². The monoisotopic (exact) mass is 239 g/mol. The molecule has 0 radical (unpaired) electrons. The number of hydrogen-bond acceptors (Lipinski definition) is 2. The molecule has 2 fully saturated rings. The summed E-state index contributed by atoms with van der Waals surface area (Å²) in [6.45, 7) is 4.48. The van der Waals surface area contributed by atoms with Crippen LogP contribution in [0.15, 0.2) is 0 Å². The molecule has 2 saturated heterocycles. The maximum atomic E-state index is 5.32. The highest BCUT2D eigenvalue weighted by Crippen LogP contribution is 2.39. The number of rotatable bonds is 0. The summed E-state index contributed by atoms with van der Waals surface area (Å²) in [6.07, 6.45) is 1.28. The van der Waals surface area contributed by atoms with Crippen LogP contribution in [-0.2, 0) is 4.74 Å². The third-order valence-electron chi connectivity index (χ3n) is 2.20. The van der Waals surface area contributed by atoms with Gasteiger partial charge in [0.1, 0.15) is 0 Å². The molecule has 0 aromatic rings. The van der Waals surface area contributed by atoms with Crippen molar-refractivity contribution in [1.29, 1.82) is 0 Å². The second-order valence-corrected chi connectivity index (χ2v) is 4.45. The third-order valence-corrected chi connectivity index (χ3v) is 2.88. The van der Waals surface area contributed by atoms with E-state index in [1.165, 1.54) is 19.5 Å². The molecule has 2 heterocycles. The first-order chi connectivity index (χ1) is 4.31. The lowest BCUT2D eigenvalue weighted by Crippen LogP contribution is -2.51. The lowest BCUT2D eigenvalue weighted by molar-refractivity contribution is 0.0696. The van der Waals surface area contributed by atoms with Crippen molar-refractivity contribution in [3.05, 3.63) is 0 Å². The lowest BCUT2D eigenvalue weighted by Gasteiger charge is -2.43. The smallest absolute Gasteiger partial charge is 0.0548 e. The molecule has 1 spiro atoms. The average Bonchev–Trinajstić information content (AvgIpc) is 2.12. The fourth-order valence-electron chi connectivity index (χ4n) is 1.58. The number of hydrogen-bond donors (Lipinski definition) is 0. The van der Waals surface area contributed by atoms with Crippen LogP contribution in [0, 0.1) is 5.41 Å². The van der Waals surface area contributed by atoms with Crippen molar-refractivity contribution >= 4 is 22.9 Å². The van der Waals surface area contributed by atoms with E-state index in [4.69, 9.17) is 4.74 Å². The average molecular weight is 239 g/mol. The van der Waals surface area contributed by atoms with Gasteiger partial charge in [0, 0.05) is 48.0 Å². The minimum atomic E-state index is 0.585. The summed E-state index contributed by atoms with van der Waals surface area (Å²) in [5, 5.41) is 0. The summed E-state index contributed by atoms with van der Waals surface area (Å²) in [5.41, 5.74) is 0.585. The summed E-state index contributed by atoms with van der Waals surface area (Å²) in [5.74, 6) is 0. The van der Waals surface area contributed by atoms with E-state index in [-0.39, 0.29) is 0 Å². The Balaban J connectivity index is 1.95. The minimum Gasteiger partial charge on any atom is -0.381 e. The SMILES string of the molecule is IN1CC2(CCOC2)C1. The Hall–Kier alpha value is 0.650. The molecule has 0 bridgehead atoms. The van der Waals surface area contributed by atoms with Gasteiger partial charge in [-0.3, -0.25) is 0 Å². The fourth-order valence-corrected chi connectivity index (χ4v) is 3.03. The standard InChI is InChI=1S/C6H10INO/c7-8-3-6(4-8)1-2-9-5-6/h1-5H2. The second-order valence-electron chi connectivity index (χ2n) is 3.08. The van der Waals surface area contributed by atoms with E-state index in [1.807, 2.05) is 0 Å². The molecule has 0 aromatic carbocycles. The lowest BCUT2D eigenvalue weighted by atomic mass is 9.81. The zero-order valence-corrected chi connectivity index (χ0v) is 7.43. The Morgan fingerprint density at radius 3 is 2.67 bits per heavy atom. The maximum absolute atomic E-state index is 5.32. The van der Waals surface area contributed by atoms with Gasteiger partial charge in [0.05, 0.1) is 6.61 Å². The zero-order valence-electron chi connectivity index (χ0n) is 5.27. The van der Waals surface area contributed by atoms with Crippen molar-refractivity contribution in [1.82, 2.24) is 3.11 Å². The van der Waals surface area contributed by atoms with E-state index in [2.05, 4.69) is 26.0 Å². The maximum Gasteiger partial charge on any atom is 0.0548 e. The van der Waals surface area contributed by atoms with E-state index in [9.17, 15) is 0 Å². The molecule has 9 heavy (non-hydrogen) atoms. The second kappa shape index (κ2) is 2.07. The molecule has 0 amide bonds. The summed E-state index contributed by atoms with van der Waals surface area (Å²) in [6, 6.07) is 0. The molecule has 2 aliphatic heterocycles. The normalized spacial score (nSPS) is 33.0. The van der Waals surface area contributed by atoms with Crippen LogP contribution in [0.3, 0.4) is 0 Å². The first kappa shape index (κ1) is 6.37. The Morgan fingerprint density at radius 2 is 2.22 bits per heavy atom. The van der Waals surface area contributed by atoms with Crippen LogP contribution in [0.5, 0.6) is 0 Å². The van der Waals surface area contributed by atoms with Crippen LogP contribution in [-0.4, -0.2) is 29.4 Å². The van der Waals surface area contributed by atoms with Crippen LogP contribution >= 0.6 is 22.9 Å². The van der Waals surface area contributed by atoms with E-state index >= 15 is 0 Å². The molecule has 52 valence electrons. The van der Waals surface area contributed by atoms with Gasteiger partial charge in [0.25, 0.3) is 0 Å². The molecule has 0 N–H and O–H groups in total. The Labute approximate surface area is 69.0 Å². The molecule has 0 aromatic heterocycles. The van der Waals surface area contributed by atoms with Crippen LogP contribution in [0.25, 0.3) is 0 Å². The summed E-state index contributed by atoms with van der Waals surface area (Å²) in [4.78, 5) is 0. The predicted molar refractivity (Wildman–Crippen MR) is 43.5 cm³/mol. The quantitative estimate of drug-likeness (QED) is 0.463. The number of halogens is 1. The molecule has 2 aliphatic rings. The van der Waals surface area contributed by atoms with Gasteiger partial charge in [-0.05, 0) is 6.42 Å². The molecule has 0 saturated carbocycles. The summed E-state index contributed by atoms with van der Waals surface area (Å²) in [7, 11) is 0. The molecule has 2 rings (SSSR count). The van der Waals surface area contributed by atoms with Crippen LogP contribution in [0.2, 0.25) is 0 Å². The van der Waals surface area contributed by atoms with Crippen molar-refractivity contribution < 1.29 is 4.74 Å².